The molecule has 1 aromatic carbocycles. The van der Waals surface area contributed by atoms with Crippen LogP contribution < -0.4 is 10.6 Å². The van der Waals surface area contributed by atoms with Gasteiger partial charge in [-0.25, -0.2) is 0 Å². The van der Waals surface area contributed by atoms with E-state index in [4.69, 9.17) is 5.73 Å². The molecule has 1 unspecified atom stereocenters. The fourth-order valence-corrected chi connectivity index (χ4v) is 2.83. The molecule has 1 aromatic rings. The Labute approximate surface area is 106 Å². The summed E-state index contributed by atoms with van der Waals surface area (Å²) in [4.78, 5) is 13.9. The van der Waals surface area contributed by atoms with Crippen LogP contribution in [0.1, 0.15) is 12.5 Å². The van der Waals surface area contributed by atoms with Crippen LogP contribution in [0.25, 0.3) is 0 Å². The molecular formula is C13H18N2OS. The van der Waals surface area contributed by atoms with E-state index in [1.807, 2.05) is 30.0 Å². The van der Waals surface area contributed by atoms with E-state index in [2.05, 4.69) is 6.07 Å². The lowest BCUT2D eigenvalue weighted by Gasteiger charge is -2.17. The molecule has 1 heterocycles. The Morgan fingerprint density at radius 2 is 2.29 bits per heavy atom. The number of nitrogens with zero attached hydrogens (tertiary/aromatic N) is 1. The zero-order valence-electron chi connectivity index (χ0n) is 10.1. The Morgan fingerprint density at radius 3 is 3.06 bits per heavy atom. The zero-order valence-corrected chi connectivity index (χ0v) is 10.9. The van der Waals surface area contributed by atoms with Crippen molar-refractivity contribution in [3.05, 3.63) is 29.8 Å². The highest BCUT2D eigenvalue weighted by molar-refractivity contribution is 8.00. The largest absolute Gasteiger partial charge is 0.327 e. The average Bonchev–Trinajstić information content (AvgIpc) is 2.72. The van der Waals surface area contributed by atoms with Gasteiger partial charge in [-0.3, -0.25) is 4.79 Å². The third kappa shape index (κ3) is 3.01. The monoisotopic (exact) mass is 250 g/mol. The topological polar surface area (TPSA) is 46.3 Å². The van der Waals surface area contributed by atoms with Crippen molar-refractivity contribution in [2.45, 2.75) is 19.4 Å². The van der Waals surface area contributed by atoms with Gasteiger partial charge < -0.3 is 10.6 Å². The molecule has 0 spiro atoms. The van der Waals surface area contributed by atoms with Crippen LogP contribution in [0, 0.1) is 0 Å². The normalized spacial score (nSPS) is 15.8. The lowest BCUT2D eigenvalue weighted by molar-refractivity contribution is -0.116. The molecule has 0 saturated heterocycles. The molecule has 2 N–H and O–H groups in total. The van der Waals surface area contributed by atoms with Gasteiger partial charge in [0.2, 0.25) is 5.91 Å². The van der Waals surface area contributed by atoms with E-state index < -0.39 is 0 Å². The number of thioether (sulfide) groups is 1. The first-order valence-electron chi connectivity index (χ1n) is 5.90. The molecule has 2 rings (SSSR count). The summed E-state index contributed by atoms with van der Waals surface area (Å²) >= 11 is 1.61. The van der Waals surface area contributed by atoms with Crippen molar-refractivity contribution in [1.82, 2.24) is 0 Å². The van der Waals surface area contributed by atoms with E-state index in [1.54, 1.807) is 11.8 Å². The van der Waals surface area contributed by atoms with Gasteiger partial charge in [-0.1, -0.05) is 18.2 Å². The molecule has 0 aliphatic carbocycles. The van der Waals surface area contributed by atoms with Crippen molar-refractivity contribution < 1.29 is 4.79 Å². The highest BCUT2D eigenvalue weighted by atomic mass is 32.2. The summed E-state index contributed by atoms with van der Waals surface area (Å²) in [6.07, 6.45) is 0.972. The average molecular weight is 250 g/mol. The number of hydrogen-bond acceptors (Lipinski definition) is 3. The SMILES string of the molecule is CC(N)CSCC(=O)N1CCc2ccccc21. The van der Waals surface area contributed by atoms with Gasteiger partial charge in [-0.05, 0) is 25.0 Å². The highest BCUT2D eigenvalue weighted by Crippen LogP contribution is 2.27. The van der Waals surface area contributed by atoms with Crippen molar-refractivity contribution in [3.8, 4) is 0 Å². The maximum absolute atomic E-state index is 12.1. The van der Waals surface area contributed by atoms with Gasteiger partial charge in [0.15, 0.2) is 0 Å². The number of carbonyl (C=O) groups is 1. The summed E-state index contributed by atoms with van der Waals surface area (Å²) in [5.41, 5.74) is 8.02. The maximum Gasteiger partial charge on any atom is 0.236 e. The third-order valence-electron chi connectivity index (χ3n) is 2.79. The molecule has 3 nitrogen and oxygen atoms in total. The molecule has 0 aromatic heterocycles. The molecule has 1 atom stereocenters. The van der Waals surface area contributed by atoms with Crippen LogP contribution in [0.15, 0.2) is 24.3 Å². The molecule has 1 amide bonds. The van der Waals surface area contributed by atoms with Crippen molar-refractivity contribution in [3.63, 3.8) is 0 Å². The highest BCUT2D eigenvalue weighted by Gasteiger charge is 2.23. The van der Waals surface area contributed by atoms with Gasteiger partial charge in [0.25, 0.3) is 0 Å². The van der Waals surface area contributed by atoms with Crippen LogP contribution in [-0.2, 0) is 11.2 Å². The van der Waals surface area contributed by atoms with Crippen LogP contribution in [0.2, 0.25) is 0 Å². The fourth-order valence-electron chi connectivity index (χ4n) is 2.01. The van der Waals surface area contributed by atoms with Crippen molar-refractivity contribution in [2.24, 2.45) is 5.73 Å². The molecule has 0 radical (unpaired) electrons. The predicted octanol–water partition coefficient (Wildman–Crippen LogP) is 1.66. The minimum Gasteiger partial charge on any atom is -0.327 e. The van der Waals surface area contributed by atoms with E-state index in [9.17, 15) is 4.79 Å². The number of benzene rings is 1. The number of para-hydroxylation sites is 1. The first-order chi connectivity index (χ1) is 8.18. The van der Waals surface area contributed by atoms with E-state index in [1.165, 1.54) is 5.56 Å². The number of rotatable bonds is 4. The minimum absolute atomic E-state index is 0.152. The Balaban J connectivity index is 1.93. The number of amides is 1. The summed E-state index contributed by atoms with van der Waals surface area (Å²) in [6, 6.07) is 8.28. The van der Waals surface area contributed by atoms with Crippen molar-refractivity contribution >= 4 is 23.4 Å². The molecule has 92 valence electrons. The van der Waals surface area contributed by atoms with E-state index in [0.717, 1.165) is 24.4 Å². The quantitative estimate of drug-likeness (QED) is 0.884. The Kier molecular flexibility index (Phi) is 4.07. The molecule has 4 heteroatoms. The van der Waals surface area contributed by atoms with Crippen LogP contribution >= 0.6 is 11.8 Å². The van der Waals surface area contributed by atoms with Gasteiger partial charge in [-0.2, -0.15) is 11.8 Å². The van der Waals surface area contributed by atoms with Gasteiger partial charge in [0, 0.05) is 24.0 Å². The van der Waals surface area contributed by atoms with E-state index >= 15 is 0 Å². The lowest BCUT2D eigenvalue weighted by atomic mass is 10.2. The zero-order chi connectivity index (χ0) is 12.3. The van der Waals surface area contributed by atoms with Gasteiger partial charge in [-0.15, -0.1) is 0 Å². The van der Waals surface area contributed by atoms with Gasteiger partial charge in [0.1, 0.15) is 0 Å². The second-order valence-electron chi connectivity index (χ2n) is 4.42. The van der Waals surface area contributed by atoms with Crippen LogP contribution in [0.4, 0.5) is 5.69 Å². The van der Waals surface area contributed by atoms with Crippen LogP contribution in [0.5, 0.6) is 0 Å². The van der Waals surface area contributed by atoms with Gasteiger partial charge in [0.05, 0.1) is 5.75 Å². The van der Waals surface area contributed by atoms with Crippen LogP contribution in [0.3, 0.4) is 0 Å². The standard InChI is InChI=1S/C13H18N2OS/c1-10(14)8-17-9-13(16)15-7-6-11-4-2-3-5-12(11)15/h2-5,10H,6-9,14H2,1H3. The maximum atomic E-state index is 12.1. The minimum atomic E-state index is 0.152. The summed E-state index contributed by atoms with van der Waals surface area (Å²) in [7, 11) is 0. The molecule has 0 fully saturated rings. The van der Waals surface area contributed by atoms with Crippen molar-refractivity contribution in [2.75, 3.05) is 23.0 Å². The molecule has 0 saturated carbocycles. The number of anilines is 1. The molecular weight excluding hydrogens is 232 g/mol. The molecule has 1 aliphatic heterocycles. The number of fused-ring (bicyclic) bond motifs is 1. The van der Waals surface area contributed by atoms with Crippen LogP contribution in [-0.4, -0.2) is 30.0 Å². The predicted molar refractivity (Wildman–Crippen MR) is 73.5 cm³/mol. The summed E-state index contributed by atoms with van der Waals surface area (Å²) in [5.74, 6) is 1.55. The summed E-state index contributed by atoms with van der Waals surface area (Å²) in [5, 5.41) is 0. The first-order valence-corrected chi connectivity index (χ1v) is 7.05. The Morgan fingerprint density at radius 1 is 1.53 bits per heavy atom. The first kappa shape index (κ1) is 12.5. The second-order valence-corrected chi connectivity index (χ2v) is 5.45. The van der Waals surface area contributed by atoms with Gasteiger partial charge >= 0.3 is 0 Å². The molecule has 17 heavy (non-hydrogen) atoms. The summed E-state index contributed by atoms with van der Waals surface area (Å²) in [6.45, 7) is 2.78. The third-order valence-corrected chi connectivity index (χ3v) is 4.01. The summed E-state index contributed by atoms with van der Waals surface area (Å²) < 4.78 is 0. The smallest absolute Gasteiger partial charge is 0.236 e. The fraction of sp³-hybridized carbons (Fsp3) is 0.462. The Bertz CT molecular complexity index is 406. The lowest BCUT2D eigenvalue weighted by Crippen LogP contribution is -2.31. The number of hydrogen-bond donors (Lipinski definition) is 1. The number of nitrogens with two attached hydrogens (primary N) is 1. The number of carbonyl (C=O) groups excluding carboxylic acids is 1. The molecule has 0 bridgehead atoms. The van der Waals surface area contributed by atoms with Crippen molar-refractivity contribution in [1.29, 1.82) is 0 Å². The molecule has 1 aliphatic rings. The van der Waals surface area contributed by atoms with E-state index in [-0.39, 0.29) is 11.9 Å². The second kappa shape index (κ2) is 5.56. The van der Waals surface area contributed by atoms with E-state index in [0.29, 0.717) is 5.75 Å². The Hall–Kier alpha value is -1.00.